The van der Waals surface area contributed by atoms with Crippen LogP contribution in [0.3, 0.4) is 0 Å². The van der Waals surface area contributed by atoms with Gasteiger partial charge in [-0.15, -0.1) is 0 Å². The highest BCUT2D eigenvalue weighted by molar-refractivity contribution is 5.68. The maximum absolute atomic E-state index is 13.3. The summed E-state index contributed by atoms with van der Waals surface area (Å²) in [6, 6.07) is 5.22. The summed E-state index contributed by atoms with van der Waals surface area (Å²) in [5.74, 6) is -0.607. The number of nitrogens with zero attached hydrogens (tertiary/aromatic N) is 1. The largest absolute Gasteiger partial charge is 0.444 e. The Bertz CT molecular complexity index is 532. The fourth-order valence-electron chi connectivity index (χ4n) is 1.57. The topological polar surface area (TPSA) is 88.1 Å². The van der Waals surface area contributed by atoms with E-state index in [1.54, 1.807) is 26.8 Å². The fraction of sp³-hybridized carbons (Fsp3) is 0.429. The summed E-state index contributed by atoms with van der Waals surface area (Å²) in [5, 5.41) is 11.4. The van der Waals surface area contributed by atoms with Gasteiger partial charge in [-0.25, -0.2) is 9.18 Å². The third kappa shape index (κ3) is 4.52. The van der Waals surface area contributed by atoms with Crippen LogP contribution in [0.1, 0.15) is 37.9 Å². The van der Waals surface area contributed by atoms with Crippen LogP contribution in [0.2, 0.25) is 0 Å². The van der Waals surface area contributed by atoms with E-state index in [0.717, 1.165) is 0 Å². The van der Waals surface area contributed by atoms with Gasteiger partial charge >= 0.3 is 6.09 Å². The highest BCUT2D eigenvalue weighted by atomic mass is 19.1. The van der Waals surface area contributed by atoms with E-state index in [1.165, 1.54) is 18.2 Å². The molecule has 0 aromatic heterocycles. The molecular weight excluding hydrogens is 261 g/mol. The number of carbonyl (C=O) groups is 1. The molecule has 1 amide bonds. The molecule has 0 aliphatic carbocycles. The summed E-state index contributed by atoms with van der Waals surface area (Å²) >= 11 is 0. The average molecular weight is 279 g/mol. The van der Waals surface area contributed by atoms with E-state index in [-0.39, 0.29) is 12.1 Å². The molecule has 0 fully saturated rings. The van der Waals surface area contributed by atoms with E-state index in [9.17, 15) is 9.18 Å². The molecule has 3 N–H and O–H groups in total. The second-order valence-corrected chi connectivity index (χ2v) is 5.29. The van der Waals surface area contributed by atoms with Gasteiger partial charge in [0.2, 0.25) is 0 Å². The van der Waals surface area contributed by atoms with Crippen molar-refractivity contribution in [2.24, 2.45) is 5.73 Å². The van der Waals surface area contributed by atoms with Crippen LogP contribution in [-0.2, 0) is 4.74 Å². The zero-order chi connectivity index (χ0) is 15.3. The Hall–Kier alpha value is -2.13. The van der Waals surface area contributed by atoms with E-state index >= 15 is 0 Å². The Morgan fingerprint density at radius 3 is 2.70 bits per heavy atom. The van der Waals surface area contributed by atoms with Gasteiger partial charge in [-0.3, -0.25) is 0 Å². The molecule has 1 aromatic carbocycles. The number of rotatable bonds is 3. The summed E-state index contributed by atoms with van der Waals surface area (Å²) in [4.78, 5) is 11.7. The van der Waals surface area contributed by atoms with Crippen molar-refractivity contribution < 1.29 is 13.9 Å². The third-order valence-electron chi connectivity index (χ3n) is 2.44. The number of hydrogen-bond acceptors (Lipinski definition) is 4. The minimum Gasteiger partial charge on any atom is -0.444 e. The van der Waals surface area contributed by atoms with E-state index in [2.05, 4.69) is 5.32 Å². The number of benzene rings is 1. The molecule has 20 heavy (non-hydrogen) atoms. The van der Waals surface area contributed by atoms with Crippen LogP contribution in [0.15, 0.2) is 18.2 Å². The molecule has 0 aliphatic rings. The molecule has 1 rings (SSSR count). The Morgan fingerprint density at radius 1 is 1.55 bits per heavy atom. The van der Waals surface area contributed by atoms with Gasteiger partial charge in [0.15, 0.2) is 0 Å². The predicted octanol–water partition coefficient (Wildman–Crippen LogP) is 2.22. The Morgan fingerprint density at radius 2 is 2.20 bits per heavy atom. The smallest absolute Gasteiger partial charge is 0.408 e. The molecule has 1 aromatic rings. The van der Waals surface area contributed by atoms with E-state index in [4.69, 9.17) is 15.7 Å². The fourth-order valence-corrected chi connectivity index (χ4v) is 1.57. The van der Waals surface area contributed by atoms with Crippen molar-refractivity contribution in [1.29, 1.82) is 5.26 Å². The van der Waals surface area contributed by atoms with Gasteiger partial charge in [0.1, 0.15) is 17.5 Å². The summed E-state index contributed by atoms with van der Waals surface area (Å²) in [6.07, 6.45) is -0.615. The molecule has 0 saturated heterocycles. The lowest BCUT2D eigenvalue weighted by atomic mass is 10.0. The second kappa shape index (κ2) is 6.35. The van der Waals surface area contributed by atoms with Gasteiger partial charge in [-0.2, -0.15) is 5.26 Å². The van der Waals surface area contributed by atoms with Crippen molar-refractivity contribution in [3.8, 4) is 6.07 Å². The first-order valence-corrected chi connectivity index (χ1v) is 6.16. The van der Waals surface area contributed by atoms with Crippen molar-refractivity contribution >= 4 is 6.09 Å². The molecular formula is C14H18FN3O2. The Labute approximate surface area is 117 Å². The Kier molecular flexibility index (Phi) is 5.06. The van der Waals surface area contributed by atoms with Crippen LogP contribution in [0.25, 0.3) is 0 Å². The van der Waals surface area contributed by atoms with E-state index in [1.807, 2.05) is 0 Å². The van der Waals surface area contributed by atoms with Crippen molar-refractivity contribution in [1.82, 2.24) is 5.32 Å². The highest BCUT2D eigenvalue weighted by Crippen LogP contribution is 2.17. The van der Waals surface area contributed by atoms with Crippen LogP contribution in [-0.4, -0.2) is 18.2 Å². The number of hydrogen-bond donors (Lipinski definition) is 2. The summed E-state index contributed by atoms with van der Waals surface area (Å²) in [6.45, 7) is 5.34. The molecule has 0 spiro atoms. The van der Waals surface area contributed by atoms with Crippen LogP contribution >= 0.6 is 0 Å². The van der Waals surface area contributed by atoms with E-state index < -0.39 is 23.6 Å². The minimum absolute atomic E-state index is 0.0908. The zero-order valence-corrected chi connectivity index (χ0v) is 11.7. The monoisotopic (exact) mass is 279 g/mol. The first kappa shape index (κ1) is 15.9. The lowest BCUT2D eigenvalue weighted by molar-refractivity contribution is 0.0505. The molecule has 6 heteroatoms. The molecule has 5 nitrogen and oxygen atoms in total. The van der Waals surface area contributed by atoms with Crippen molar-refractivity contribution in [3.05, 3.63) is 35.1 Å². The quantitative estimate of drug-likeness (QED) is 0.888. The number of carbonyl (C=O) groups excluding carboxylic acids is 1. The minimum atomic E-state index is -0.621. The SMILES string of the molecule is CC(C)(C)OC(=O)NC(CN)c1ccc(F)c(C#N)c1. The molecule has 0 heterocycles. The van der Waals surface area contributed by atoms with Gasteiger partial charge in [-0.1, -0.05) is 6.07 Å². The average Bonchev–Trinajstić information content (AvgIpc) is 2.34. The third-order valence-corrected chi connectivity index (χ3v) is 2.44. The van der Waals surface area contributed by atoms with Gasteiger partial charge in [0, 0.05) is 6.54 Å². The Balaban J connectivity index is 2.87. The number of ether oxygens (including phenoxy) is 1. The van der Waals surface area contributed by atoms with Crippen LogP contribution in [0, 0.1) is 17.1 Å². The zero-order valence-electron chi connectivity index (χ0n) is 11.7. The number of halogens is 1. The van der Waals surface area contributed by atoms with Crippen molar-refractivity contribution in [2.75, 3.05) is 6.54 Å². The van der Waals surface area contributed by atoms with E-state index in [0.29, 0.717) is 5.56 Å². The molecule has 1 atom stereocenters. The lowest BCUT2D eigenvalue weighted by Crippen LogP contribution is -2.37. The molecule has 108 valence electrons. The van der Waals surface area contributed by atoms with Crippen molar-refractivity contribution in [2.45, 2.75) is 32.4 Å². The van der Waals surface area contributed by atoms with Crippen molar-refractivity contribution in [3.63, 3.8) is 0 Å². The molecule has 0 saturated carbocycles. The molecule has 0 aliphatic heterocycles. The first-order valence-electron chi connectivity index (χ1n) is 6.16. The number of nitrogens with two attached hydrogens (primary N) is 1. The van der Waals surface area contributed by atoms with Gasteiger partial charge in [0.25, 0.3) is 0 Å². The summed E-state index contributed by atoms with van der Waals surface area (Å²) < 4.78 is 18.4. The first-order chi connectivity index (χ1) is 9.26. The molecule has 0 bridgehead atoms. The lowest BCUT2D eigenvalue weighted by Gasteiger charge is -2.23. The normalized spacial score (nSPS) is 12.4. The van der Waals surface area contributed by atoms with Gasteiger partial charge in [0.05, 0.1) is 11.6 Å². The van der Waals surface area contributed by atoms with Crippen LogP contribution in [0.4, 0.5) is 9.18 Å². The second-order valence-electron chi connectivity index (χ2n) is 5.29. The maximum atomic E-state index is 13.3. The van der Waals surface area contributed by atoms with Gasteiger partial charge < -0.3 is 15.8 Å². The molecule has 1 unspecified atom stereocenters. The number of nitriles is 1. The highest BCUT2D eigenvalue weighted by Gasteiger charge is 2.20. The standard InChI is InChI=1S/C14H18FN3O2/c1-14(2,3)20-13(19)18-12(8-17)9-4-5-11(15)10(6-9)7-16/h4-6,12H,8,17H2,1-3H3,(H,18,19). The molecule has 0 radical (unpaired) electrons. The van der Waals surface area contributed by atoms with Crippen LogP contribution in [0.5, 0.6) is 0 Å². The summed E-state index contributed by atoms with van der Waals surface area (Å²) in [7, 11) is 0. The number of alkyl carbamates (subject to hydrolysis) is 1. The number of amides is 1. The summed E-state index contributed by atoms with van der Waals surface area (Å²) in [5.41, 5.74) is 5.44. The predicted molar refractivity (Wildman–Crippen MR) is 72.3 cm³/mol. The van der Waals surface area contributed by atoms with Crippen LogP contribution < -0.4 is 11.1 Å². The van der Waals surface area contributed by atoms with Gasteiger partial charge in [-0.05, 0) is 38.5 Å². The maximum Gasteiger partial charge on any atom is 0.408 e. The number of nitrogens with one attached hydrogen (secondary N) is 1.